The lowest BCUT2D eigenvalue weighted by Crippen LogP contribution is -2.28. The van der Waals surface area contributed by atoms with Crippen molar-refractivity contribution in [3.05, 3.63) is 55.1 Å². The lowest BCUT2D eigenvalue weighted by molar-refractivity contribution is 0.646. The summed E-state index contributed by atoms with van der Waals surface area (Å²) in [6.07, 6.45) is 0. The molecule has 3 N–H and O–H groups in total. The summed E-state index contributed by atoms with van der Waals surface area (Å²) in [4.78, 5) is 1.17. The lowest BCUT2D eigenvalue weighted by Gasteiger charge is -2.14. The maximum atomic E-state index is 5.62. The minimum Gasteiger partial charge on any atom is -0.271 e. The Bertz CT molecular complexity index is 451. The summed E-state index contributed by atoms with van der Waals surface area (Å²) in [6.45, 7) is 0. The Morgan fingerprint density at radius 1 is 1.19 bits per heavy atom. The summed E-state index contributed by atoms with van der Waals surface area (Å²) in [5, 5.41) is 0. The summed E-state index contributed by atoms with van der Waals surface area (Å²) in [7, 11) is 0. The molecular weight excluding hydrogens is 352 g/mol. The van der Waals surface area contributed by atoms with E-state index >= 15 is 0 Å². The summed E-state index contributed by atoms with van der Waals surface area (Å²) >= 11 is 8.64. The van der Waals surface area contributed by atoms with Gasteiger partial charge in [-0.25, -0.2) is 5.43 Å². The topological polar surface area (TPSA) is 38.0 Å². The van der Waals surface area contributed by atoms with Crippen molar-refractivity contribution in [1.82, 2.24) is 5.43 Å². The average Bonchev–Trinajstić information content (AvgIpc) is 2.61. The quantitative estimate of drug-likeness (QED) is 0.644. The van der Waals surface area contributed by atoms with Crippen molar-refractivity contribution in [3.8, 4) is 0 Å². The molecule has 0 fully saturated rings. The first-order chi connectivity index (χ1) is 7.72. The zero-order valence-corrected chi connectivity index (χ0v) is 12.3. The highest BCUT2D eigenvalue weighted by Crippen LogP contribution is 2.37. The highest BCUT2D eigenvalue weighted by atomic mass is 79.9. The molecule has 2 rings (SSSR count). The van der Waals surface area contributed by atoms with Crippen LogP contribution in [-0.2, 0) is 0 Å². The molecule has 0 aliphatic carbocycles. The van der Waals surface area contributed by atoms with Crippen molar-refractivity contribution < 1.29 is 0 Å². The van der Waals surface area contributed by atoms with E-state index < -0.39 is 0 Å². The molecule has 84 valence electrons. The third-order valence-electron chi connectivity index (χ3n) is 2.25. The lowest BCUT2D eigenvalue weighted by atomic mass is 10.1. The highest BCUT2D eigenvalue weighted by molar-refractivity contribution is 9.13. The SMILES string of the molecule is NNC(c1ccccc1)c1cc(Br)c(Br)s1. The van der Waals surface area contributed by atoms with Gasteiger partial charge in [-0.2, -0.15) is 0 Å². The Morgan fingerprint density at radius 3 is 2.38 bits per heavy atom. The maximum Gasteiger partial charge on any atom is 0.0843 e. The Labute approximate surface area is 115 Å². The molecule has 2 nitrogen and oxygen atoms in total. The van der Waals surface area contributed by atoms with Gasteiger partial charge in [-0.05, 0) is 43.5 Å². The first-order valence-corrected chi connectivity index (χ1v) is 7.08. The van der Waals surface area contributed by atoms with Gasteiger partial charge in [0.15, 0.2) is 0 Å². The Balaban J connectivity index is 2.37. The van der Waals surface area contributed by atoms with Gasteiger partial charge in [-0.3, -0.25) is 5.84 Å². The van der Waals surface area contributed by atoms with Crippen molar-refractivity contribution in [2.45, 2.75) is 6.04 Å². The molecule has 1 unspecified atom stereocenters. The molecule has 0 spiro atoms. The van der Waals surface area contributed by atoms with Gasteiger partial charge in [0.2, 0.25) is 0 Å². The fraction of sp³-hybridized carbons (Fsp3) is 0.0909. The van der Waals surface area contributed by atoms with Crippen LogP contribution < -0.4 is 11.3 Å². The zero-order valence-electron chi connectivity index (χ0n) is 8.28. The van der Waals surface area contributed by atoms with Crippen LogP contribution in [0.15, 0.2) is 44.7 Å². The van der Waals surface area contributed by atoms with Crippen molar-refractivity contribution in [2.75, 3.05) is 0 Å². The van der Waals surface area contributed by atoms with Crippen LogP contribution in [0.2, 0.25) is 0 Å². The van der Waals surface area contributed by atoms with Crippen molar-refractivity contribution in [2.24, 2.45) is 5.84 Å². The molecule has 2 aromatic rings. The molecule has 0 bridgehead atoms. The van der Waals surface area contributed by atoms with E-state index in [1.54, 1.807) is 11.3 Å². The first kappa shape index (κ1) is 12.3. The molecule has 0 radical (unpaired) electrons. The van der Waals surface area contributed by atoms with Crippen molar-refractivity contribution in [3.63, 3.8) is 0 Å². The Morgan fingerprint density at radius 2 is 1.88 bits per heavy atom. The molecule has 0 amide bonds. The molecule has 1 heterocycles. The number of thiophene rings is 1. The molecule has 1 atom stereocenters. The number of benzene rings is 1. The van der Waals surface area contributed by atoms with Crippen LogP contribution in [0.1, 0.15) is 16.5 Å². The standard InChI is InChI=1S/C11H10Br2N2S/c12-8-6-9(16-11(8)13)10(15-14)7-4-2-1-3-5-7/h1-6,10,15H,14H2. The predicted molar refractivity (Wildman–Crippen MR) is 75.3 cm³/mol. The largest absolute Gasteiger partial charge is 0.271 e. The van der Waals surface area contributed by atoms with Crippen LogP contribution >= 0.6 is 43.2 Å². The first-order valence-electron chi connectivity index (χ1n) is 4.68. The minimum atomic E-state index is 0.0359. The summed E-state index contributed by atoms with van der Waals surface area (Å²) in [5.74, 6) is 5.62. The monoisotopic (exact) mass is 360 g/mol. The van der Waals surface area contributed by atoms with Gasteiger partial charge in [0, 0.05) is 9.35 Å². The number of nitrogens with one attached hydrogen (secondary N) is 1. The fourth-order valence-electron chi connectivity index (χ4n) is 1.49. The number of hydrogen-bond donors (Lipinski definition) is 2. The second kappa shape index (κ2) is 5.42. The Kier molecular flexibility index (Phi) is 4.16. The molecule has 1 aromatic heterocycles. The number of rotatable bonds is 3. The van der Waals surface area contributed by atoms with Gasteiger partial charge >= 0.3 is 0 Å². The molecule has 5 heteroatoms. The molecule has 0 saturated carbocycles. The third-order valence-corrected chi connectivity index (χ3v) is 5.57. The molecule has 0 saturated heterocycles. The molecular formula is C11H10Br2N2S. The molecule has 16 heavy (non-hydrogen) atoms. The normalized spacial score (nSPS) is 12.7. The molecule has 1 aromatic carbocycles. The maximum absolute atomic E-state index is 5.62. The molecule has 0 aliphatic rings. The van der Waals surface area contributed by atoms with Gasteiger partial charge in [-0.1, -0.05) is 30.3 Å². The van der Waals surface area contributed by atoms with E-state index in [9.17, 15) is 0 Å². The van der Waals surface area contributed by atoms with Crippen LogP contribution in [0, 0.1) is 0 Å². The molecule has 0 aliphatic heterocycles. The van der Waals surface area contributed by atoms with E-state index in [0.29, 0.717) is 0 Å². The van der Waals surface area contributed by atoms with Crippen molar-refractivity contribution >= 4 is 43.2 Å². The van der Waals surface area contributed by atoms with Gasteiger partial charge in [0.1, 0.15) is 0 Å². The zero-order chi connectivity index (χ0) is 11.5. The van der Waals surface area contributed by atoms with E-state index in [4.69, 9.17) is 5.84 Å². The third kappa shape index (κ3) is 2.55. The number of nitrogens with two attached hydrogens (primary N) is 1. The summed E-state index contributed by atoms with van der Waals surface area (Å²) in [5.41, 5.74) is 4.00. The highest BCUT2D eigenvalue weighted by Gasteiger charge is 2.15. The predicted octanol–water partition coefficient (Wildman–Crippen LogP) is 3.83. The minimum absolute atomic E-state index is 0.0359. The smallest absolute Gasteiger partial charge is 0.0843 e. The van der Waals surface area contributed by atoms with Gasteiger partial charge in [0.25, 0.3) is 0 Å². The van der Waals surface area contributed by atoms with E-state index in [1.807, 2.05) is 18.2 Å². The van der Waals surface area contributed by atoms with Crippen LogP contribution in [0.3, 0.4) is 0 Å². The van der Waals surface area contributed by atoms with Gasteiger partial charge in [-0.15, -0.1) is 11.3 Å². The van der Waals surface area contributed by atoms with E-state index in [0.717, 1.165) is 13.8 Å². The number of halogens is 2. The van der Waals surface area contributed by atoms with E-state index in [1.165, 1.54) is 4.88 Å². The van der Waals surface area contributed by atoms with Gasteiger partial charge in [0.05, 0.1) is 9.83 Å². The van der Waals surface area contributed by atoms with E-state index in [2.05, 4.69) is 55.5 Å². The van der Waals surface area contributed by atoms with Gasteiger partial charge < -0.3 is 0 Å². The average molecular weight is 362 g/mol. The second-order valence-electron chi connectivity index (χ2n) is 3.28. The van der Waals surface area contributed by atoms with Crippen LogP contribution in [0.25, 0.3) is 0 Å². The number of hydrogen-bond acceptors (Lipinski definition) is 3. The Hall–Kier alpha value is -0.200. The van der Waals surface area contributed by atoms with E-state index in [-0.39, 0.29) is 6.04 Å². The van der Waals surface area contributed by atoms with Crippen LogP contribution in [0.5, 0.6) is 0 Å². The van der Waals surface area contributed by atoms with Crippen LogP contribution in [-0.4, -0.2) is 0 Å². The fourth-order valence-corrected chi connectivity index (χ4v) is 3.67. The second-order valence-corrected chi connectivity index (χ2v) is 6.54. The number of hydrazine groups is 1. The summed E-state index contributed by atoms with van der Waals surface area (Å²) in [6, 6.07) is 12.3. The van der Waals surface area contributed by atoms with Crippen LogP contribution in [0.4, 0.5) is 0 Å². The summed E-state index contributed by atoms with van der Waals surface area (Å²) < 4.78 is 2.14. The van der Waals surface area contributed by atoms with Crippen molar-refractivity contribution in [1.29, 1.82) is 0 Å².